The van der Waals surface area contributed by atoms with Crippen molar-refractivity contribution in [1.29, 1.82) is 0 Å². The van der Waals surface area contributed by atoms with Gasteiger partial charge in [-0.25, -0.2) is 0 Å². The van der Waals surface area contributed by atoms with E-state index in [1.165, 1.54) is 0 Å². The van der Waals surface area contributed by atoms with E-state index in [9.17, 15) is 9.59 Å². The number of pyridine rings is 1. The van der Waals surface area contributed by atoms with Crippen molar-refractivity contribution < 1.29 is 9.53 Å². The fraction of sp³-hybridized carbons (Fsp3) is 0.143. The lowest BCUT2D eigenvalue weighted by Gasteiger charge is -2.16. The summed E-state index contributed by atoms with van der Waals surface area (Å²) in [6, 6.07) is 22.4. The van der Waals surface area contributed by atoms with Crippen molar-refractivity contribution >= 4 is 5.91 Å². The van der Waals surface area contributed by atoms with Gasteiger partial charge in [0, 0.05) is 19.3 Å². The first-order valence-corrected chi connectivity index (χ1v) is 8.33. The van der Waals surface area contributed by atoms with Gasteiger partial charge in [-0.2, -0.15) is 0 Å². The second-order valence-electron chi connectivity index (χ2n) is 5.83. The number of amides is 1. The molecule has 1 unspecified atom stereocenters. The Balaban J connectivity index is 1.71. The van der Waals surface area contributed by atoms with Crippen LogP contribution in [0.5, 0.6) is 0 Å². The van der Waals surface area contributed by atoms with Crippen molar-refractivity contribution in [2.45, 2.75) is 6.10 Å². The van der Waals surface area contributed by atoms with Gasteiger partial charge >= 0.3 is 0 Å². The summed E-state index contributed by atoms with van der Waals surface area (Å²) in [5.41, 5.74) is 2.18. The van der Waals surface area contributed by atoms with E-state index in [0.717, 1.165) is 11.1 Å². The van der Waals surface area contributed by atoms with Gasteiger partial charge in [0.1, 0.15) is 5.56 Å². The zero-order valence-corrected chi connectivity index (χ0v) is 14.4. The summed E-state index contributed by atoms with van der Waals surface area (Å²) in [5.74, 6) is -0.427. The van der Waals surface area contributed by atoms with E-state index in [4.69, 9.17) is 4.74 Å². The van der Waals surface area contributed by atoms with Crippen molar-refractivity contribution in [3.05, 3.63) is 94.3 Å². The van der Waals surface area contributed by atoms with Crippen LogP contribution in [0.3, 0.4) is 0 Å². The molecule has 0 saturated heterocycles. The van der Waals surface area contributed by atoms with E-state index in [-0.39, 0.29) is 18.2 Å². The molecule has 0 radical (unpaired) electrons. The molecule has 5 nitrogen and oxygen atoms in total. The van der Waals surface area contributed by atoms with Gasteiger partial charge in [0.25, 0.3) is 11.5 Å². The van der Waals surface area contributed by atoms with E-state index in [2.05, 4.69) is 10.3 Å². The number of aromatic amines is 1. The van der Waals surface area contributed by atoms with Crippen LogP contribution in [0.1, 0.15) is 22.0 Å². The van der Waals surface area contributed by atoms with E-state index in [1.54, 1.807) is 19.2 Å². The fourth-order valence-corrected chi connectivity index (χ4v) is 2.72. The predicted molar refractivity (Wildman–Crippen MR) is 101 cm³/mol. The minimum Gasteiger partial charge on any atom is -0.375 e. The number of aromatic nitrogens is 1. The van der Waals surface area contributed by atoms with Crippen LogP contribution in [-0.4, -0.2) is 24.5 Å². The third-order valence-corrected chi connectivity index (χ3v) is 4.14. The number of ether oxygens (including phenoxy) is 1. The number of benzene rings is 2. The highest BCUT2D eigenvalue weighted by Crippen LogP contribution is 2.16. The summed E-state index contributed by atoms with van der Waals surface area (Å²) < 4.78 is 5.43. The van der Waals surface area contributed by atoms with E-state index in [0.29, 0.717) is 5.69 Å². The van der Waals surface area contributed by atoms with Crippen LogP contribution >= 0.6 is 0 Å². The van der Waals surface area contributed by atoms with Gasteiger partial charge in [-0.15, -0.1) is 0 Å². The highest BCUT2D eigenvalue weighted by molar-refractivity contribution is 5.94. The molecule has 0 fully saturated rings. The molecule has 0 saturated carbocycles. The number of H-pyrrole nitrogens is 1. The zero-order chi connectivity index (χ0) is 18.4. The normalized spacial score (nSPS) is 11.7. The summed E-state index contributed by atoms with van der Waals surface area (Å²) in [7, 11) is 1.59. The maximum absolute atomic E-state index is 12.4. The Bertz CT molecular complexity index is 921. The van der Waals surface area contributed by atoms with Crippen LogP contribution in [0.25, 0.3) is 11.3 Å². The lowest BCUT2D eigenvalue weighted by molar-refractivity contribution is 0.0827. The Hall–Kier alpha value is -3.18. The van der Waals surface area contributed by atoms with E-state index in [1.807, 2.05) is 60.7 Å². The maximum atomic E-state index is 12.4. The predicted octanol–water partition coefficient (Wildman–Crippen LogP) is 3.16. The van der Waals surface area contributed by atoms with Gasteiger partial charge < -0.3 is 15.0 Å². The summed E-state index contributed by atoms with van der Waals surface area (Å²) in [6.45, 7) is 0.277. The molecule has 0 aliphatic heterocycles. The van der Waals surface area contributed by atoms with Crippen molar-refractivity contribution in [1.82, 2.24) is 10.3 Å². The number of methoxy groups -OCH3 is 1. The molecule has 1 atom stereocenters. The monoisotopic (exact) mass is 348 g/mol. The lowest BCUT2D eigenvalue weighted by Crippen LogP contribution is -2.33. The van der Waals surface area contributed by atoms with E-state index >= 15 is 0 Å². The first-order chi connectivity index (χ1) is 12.7. The van der Waals surface area contributed by atoms with Gasteiger partial charge in [0.15, 0.2) is 0 Å². The molecule has 0 bridgehead atoms. The molecule has 5 heteroatoms. The van der Waals surface area contributed by atoms with Crippen LogP contribution < -0.4 is 10.9 Å². The molecule has 3 aromatic rings. The standard InChI is InChI=1S/C21H20N2O3/c1-26-19(16-10-6-3-7-11-16)14-22-20(24)17-12-13-18(23-21(17)25)15-8-4-2-5-9-15/h2-13,19H,14H2,1H3,(H,22,24)(H,23,25). The first kappa shape index (κ1) is 17.6. The average Bonchev–Trinajstić information content (AvgIpc) is 2.69. The van der Waals surface area contributed by atoms with Crippen LogP contribution in [0.4, 0.5) is 0 Å². The molecule has 2 N–H and O–H groups in total. The maximum Gasteiger partial charge on any atom is 0.261 e. The summed E-state index contributed by atoms with van der Waals surface area (Å²) in [6.07, 6.45) is -0.275. The highest BCUT2D eigenvalue weighted by Gasteiger charge is 2.15. The molecular formula is C21H20N2O3. The molecule has 1 amide bonds. The van der Waals surface area contributed by atoms with Crippen LogP contribution in [-0.2, 0) is 4.74 Å². The number of hydrogen-bond donors (Lipinski definition) is 2. The number of rotatable bonds is 6. The smallest absolute Gasteiger partial charge is 0.261 e. The molecular weight excluding hydrogens is 328 g/mol. The molecule has 2 aromatic carbocycles. The van der Waals surface area contributed by atoms with Gasteiger partial charge in [-0.3, -0.25) is 9.59 Å². The first-order valence-electron chi connectivity index (χ1n) is 8.33. The Morgan fingerprint density at radius 2 is 1.65 bits per heavy atom. The Kier molecular flexibility index (Phi) is 5.61. The third kappa shape index (κ3) is 4.07. The topological polar surface area (TPSA) is 71.2 Å². The minimum atomic E-state index is -0.427. The summed E-state index contributed by atoms with van der Waals surface area (Å²) in [5, 5.41) is 2.76. The quantitative estimate of drug-likeness (QED) is 0.719. The summed E-state index contributed by atoms with van der Waals surface area (Å²) in [4.78, 5) is 27.4. The van der Waals surface area contributed by atoms with Crippen LogP contribution in [0, 0.1) is 0 Å². The van der Waals surface area contributed by atoms with Gasteiger partial charge in [0.2, 0.25) is 0 Å². The molecule has 0 aliphatic carbocycles. The largest absolute Gasteiger partial charge is 0.375 e. The molecule has 1 aromatic heterocycles. The van der Waals surface area contributed by atoms with Crippen LogP contribution in [0.2, 0.25) is 0 Å². The zero-order valence-electron chi connectivity index (χ0n) is 14.4. The summed E-state index contributed by atoms with van der Waals surface area (Å²) >= 11 is 0. The second kappa shape index (κ2) is 8.27. The Morgan fingerprint density at radius 1 is 1.00 bits per heavy atom. The van der Waals surface area contributed by atoms with Crippen molar-refractivity contribution in [2.24, 2.45) is 0 Å². The molecule has 0 aliphatic rings. The van der Waals surface area contributed by atoms with Gasteiger partial charge in [-0.1, -0.05) is 60.7 Å². The number of nitrogens with one attached hydrogen (secondary N) is 2. The second-order valence-corrected chi connectivity index (χ2v) is 5.83. The molecule has 0 spiro atoms. The average molecular weight is 348 g/mol. The Morgan fingerprint density at radius 3 is 2.27 bits per heavy atom. The molecule has 26 heavy (non-hydrogen) atoms. The fourth-order valence-electron chi connectivity index (χ4n) is 2.72. The van der Waals surface area contributed by atoms with Gasteiger partial charge in [0.05, 0.1) is 6.10 Å². The van der Waals surface area contributed by atoms with Gasteiger partial charge in [-0.05, 0) is 23.3 Å². The number of carbonyl (C=O) groups is 1. The SMILES string of the molecule is COC(CNC(=O)c1ccc(-c2ccccc2)[nH]c1=O)c1ccccc1. The molecule has 132 valence electrons. The minimum absolute atomic E-state index is 0.0765. The van der Waals surface area contributed by atoms with Crippen molar-refractivity contribution in [2.75, 3.05) is 13.7 Å². The number of carbonyl (C=O) groups excluding carboxylic acids is 1. The van der Waals surface area contributed by atoms with Crippen molar-refractivity contribution in [3.8, 4) is 11.3 Å². The molecule has 1 heterocycles. The highest BCUT2D eigenvalue weighted by atomic mass is 16.5. The lowest BCUT2D eigenvalue weighted by atomic mass is 10.1. The third-order valence-electron chi connectivity index (χ3n) is 4.14. The van der Waals surface area contributed by atoms with Crippen LogP contribution in [0.15, 0.2) is 77.6 Å². The molecule has 3 rings (SSSR count). The van der Waals surface area contributed by atoms with E-state index < -0.39 is 11.5 Å². The number of hydrogen-bond acceptors (Lipinski definition) is 3. The Labute approximate surface area is 151 Å². The van der Waals surface area contributed by atoms with Crippen molar-refractivity contribution in [3.63, 3.8) is 0 Å².